The maximum Gasteiger partial charge on any atom is 0.416 e. The molecule has 0 amide bonds. The first-order chi connectivity index (χ1) is 8.88. The predicted octanol–water partition coefficient (Wildman–Crippen LogP) is 3.08. The van der Waals surface area contributed by atoms with E-state index in [9.17, 15) is 18.0 Å². The minimum absolute atomic E-state index is 0.164. The number of hydrogen-bond donors (Lipinski definition) is 0. The monoisotopic (exact) mass is 288 g/mol. The highest BCUT2D eigenvalue weighted by Crippen LogP contribution is 2.31. The average molecular weight is 288 g/mol. The Morgan fingerprint density at radius 1 is 1.37 bits per heavy atom. The van der Waals surface area contributed by atoms with E-state index >= 15 is 0 Å². The Balaban J connectivity index is 2.21. The summed E-state index contributed by atoms with van der Waals surface area (Å²) in [5.41, 5.74) is -0.501. The molecule has 0 aliphatic carbocycles. The molecule has 2 rings (SSSR count). The van der Waals surface area contributed by atoms with Crippen LogP contribution in [0.5, 0.6) is 5.75 Å². The topological polar surface area (TPSA) is 52.1 Å². The van der Waals surface area contributed by atoms with E-state index in [0.29, 0.717) is 5.69 Å². The Hall–Kier alpha value is -1.96. The summed E-state index contributed by atoms with van der Waals surface area (Å²) in [5, 5.41) is 3.62. The van der Waals surface area contributed by atoms with Crippen LogP contribution in [-0.4, -0.2) is 15.6 Å². The summed E-state index contributed by atoms with van der Waals surface area (Å²) in [6.07, 6.45) is -4.48. The van der Waals surface area contributed by atoms with Gasteiger partial charge in [-0.2, -0.15) is 13.2 Å². The Morgan fingerprint density at radius 3 is 2.68 bits per heavy atom. The van der Waals surface area contributed by atoms with Crippen molar-refractivity contribution in [1.29, 1.82) is 0 Å². The standard InChI is InChI=1S/C11H7F3N2O2S/c1-6-9(19-16-15-6)10(17)18-8-4-2-3-7(5-8)11(12,13)14/h2-5H,1H3. The van der Waals surface area contributed by atoms with Gasteiger partial charge in [0.05, 0.1) is 11.3 Å². The van der Waals surface area contributed by atoms with Gasteiger partial charge in [-0.3, -0.25) is 0 Å². The second-order valence-corrected chi connectivity index (χ2v) is 4.36. The molecule has 0 unspecified atom stereocenters. The van der Waals surface area contributed by atoms with Gasteiger partial charge in [-0.05, 0) is 36.7 Å². The zero-order valence-electron chi connectivity index (χ0n) is 9.56. The maximum atomic E-state index is 12.5. The number of hydrogen-bond acceptors (Lipinski definition) is 5. The van der Waals surface area contributed by atoms with E-state index in [0.717, 1.165) is 23.7 Å². The van der Waals surface area contributed by atoms with Gasteiger partial charge < -0.3 is 4.74 Å². The van der Waals surface area contributed by atoms with Crippen LogP contribution in [0.2, 0.25) is 0 Å². The number of nitrogens with zero attached hydrogens (tertiary/aromatic N) is 2. The molecule has 100 valence electrons. The molecule has 0 radical (unpaired) electrons. The van der Waals surface area contributed by atoms with E-state index in [-0.39, 0.29) is 10.6 Å². The molecule has 0 aliphatic heterocycles. The molecule has 8 heteroatoms. The van der Waals surface area contributed by atoms with Crippen LogP contribution in [-0.2, 0) is 6.18 Å². The summed E-state index contributed by atoms with van der Waals surface area (Å²) in [7, 11) is 0. The number of ether oxygens (including phenoxy) is 1. The first-order valence-corrected chi connectivity index (χ1v) is 5.83. The highest BCUT2D eigenvalue weighted by atomic mass is 32.1. The third-order valence-electron chi connectivity index (χ3n) is 2.21. The lowest BCUT2D eigenvalue weighted by Crippen LogP contribution is -2.10. The van der Waals surface area contributed by atoms with Crippen LogP contribution in [0.15, 0.2) is 24.3 Å². The lowest BCUT2D eigenvalue weighted by molar-refractivity contribution is -0.137. The quantitative estimate of drug-likeness (QED) is 0.629. The van der Waals surface area contributed by atoms with Crippen molar-refractivity contribution < 1.29 is 22.7 Å². The number of aryl methyl sites for hydroxylation is 1. The number of halogens is 3. The lowest BCUT2D eigenvalue weighted by Gasteiger charge is -2.08. The minimum atomic E-state index is -4.48. The van der Waals surface area contributed by atoms with Crippen LogP contribution in [0.3, 0.4) is 0 Å². The van der Waals surface area contributed by atoms with Crippen LogP contribution < -0.4 is 4.74 Å². The SMILES string of the molecule is Cc1nnsc1C(=O)Oc1cccc(C(F)(F)F)c1. The molecule has 1 aromatic carbocycles. The van der Waals surface area contributed by atoms with E-state index in [1.807, 2.05) is 0 Å². The molecule has 0 saturated heterocycles. The number of rotatable bonds is 2. The highest BCUT2D eigenvalue weighted by Gasteiger charge is 2.30. The fourth-order valence-corrected chi connectivity index (χ4v) is 1.84. The summed E-state index contributed by atoms with van der Waals surface area (Å²) in [5.74, 6) is -0.945. The average Bonchev–Trinajstić information content (AvgIpc) is 2.75. The second-order valence-electron chi connectivity index (χ2n) is 3.60. The van der Waals surface area contributed by atoms with Gasteiger partial charge in [-0.25, -0.2) is 4.79 Å². The van der Waals surface area contributed by atoms with Gasteiger partial charge in [0.25, 0.3) is 0 Å². The molecular formula is C11H7F3N2O2S. The number of carbonyl (C=O) groups is 1. The van der Waals surface area contributed by atoms with Crippen LogP contribution in [0.1, 0.15) is 20.9 Å². The van der Waals surface area contributed by atoms with Gasteiger partial charge in [0, 0.05) is 0 Å². The van der Waals surface area contributed by atoms with Gasteiger partial charge in [0.15, 0.2) is 4.88 Å². The first kappa shape index (κ1) is 13.5. The Morgan fingerprint density at radius 2 is 2.11 bits per heavy atom. The van der Waals surface area contributed by atoms with E-state index in [1.54, 1.807) is 6.92 Å². The van der Waals surface area contributed by atoms with Gasteiger partial charge in [0.2, 0.25) is 0 Å². The van der Waals surface area contributed by atoms with Crippen molar-refractivity contribution in [2.24, 2.45) is 0 Å². The molecule has 0 saturated carbocycles. The van der Waals surface area contributed by atoms with Gasteiger partial charge in [-0.1, -0.05) is 10.6 Å². The van der Waals surface area contributed by atoms with Crippen molar-refractivity contribution in [2.75, 3.05) is 0 Å². The zero-order chi connectivity index (χ0) is 14.0. The third kappa shape index (κ3) is 3.08. The molecule has 0 fully saturated rings. The zero-order valence-corrected chi connectivity index (χ0v) is 10.4. The molecule has 4 nitrogen and oxygen atoms in total. The molecule has 0 aliphatic rings. The number of aromatic nitrogens is 2. The lowest BCUT2D eigenvalue weighted by atomic mass is 10.2. The number of carbonyl (C=O) groups excluding carboxylic acids is 1. The number of benzene rings is 1. The van der Waals surface area contributed by atoms with E-state index in [4.69, 9.17) is 4.74 Å². The van der Waals surface area contributed by atoms with Crippen molar-refractivity contribution in [3.63, 3.8) is 0 Å². The molecule has 2 aromatic rings. The van der Waals surface area contributed by atoms with E-state index in [2.05, 4.69) is 9.59 Å². The van der Waals surface area contributed by atoms with Gasteiger partial charge in [0.1, 0.15) is 5.75 Å². The normalized spacial score (nSPS) is 11.4. The van der Waals surface area contributed by atoms with Crippen molar-refractivity contribution in [2.45, 2.75) is 13.1 Å². The number of alkyl halides is 3. The van der Waals surface area contributed by atoms with Crippen LogP contribution in [0.25, 0.3) is 0 Å². The van der Waals surface area contributed by atoms with Crippen molar-refractivity contribution >= 4 is 17.5 Å². The fraction of sp³-hybridized carbons (Fsp3) is 0.182. The van der Waals surface area contributed by atoms with Crippen LogP contribution >= 0.6 is 11.5 Å². The summed E-state index contributed by atoms with van der Waals surface area (Å²) in [6, 6.07) is 4.11. The Labute approximate surface area is 110 Å². The van der Waals surface area contributed by atoms with E-state index in [1.165, 1.54) is 12.1 Å². The van der Waals surface area contributed by atoms with Gasteiger partial charge >= 0.3 is 12.1 Å². The Bertz CT molecular complexity index is 610. The molecule has 1 aromatic heterocycles. The smallest absolute Gasteiger partial charge is 0.416 e. The van der Waals surface area contributed by atoms with Crippen molar-refractivity contribution in [3.8, 4) is 5.75 Å². The summed E-state index contributed by atoms with van der Waals surface area (Å²) >= 11 is 0.829. The maximum absolute atomic E-state index is 12.5. The third-order valence-corrected chi connectivity index (χ3v) is 3.02. The number of esters is 1. The molecule has 1 heterocycles. The molecule has 0 spiro atoms. The summed E-state index contributed by atoms with van der Waals surface area (Å²) < 4.78 is 45.9. The molecule has 0 atom stereocenters. The predicted molar refractivity (Wildman–Crippen MR) is 61.0 cm³/mol. The largest absolute Gasteiger partial charge is 0.422 e. The Kier molecular flexibility index (Phi) is 3.52. The second kappa shape index (κ2) is 4.96. The van der Waals surface area contributed by atoms with E-state index < -0.39 is 17.7 Å². The molecule has 0 bridgehead atoms. The van der Waals surface area contributed by atoms with Crippen LogP contribution in [0, 0.1) is 6.92 Å². The summed E-state index contributed by atoms with van der Waals surface area (Å²) in [4.78, 5) is 11.8. The molecule has 0 N–H and O–H groups in total. The first-order valence-electron chi connectivity index (χ1n) is 5.06. The van der Waals surface area contributed by atoms with Crippen LogP contribution in [0.4, 0.5) is 13.2 Å². The summed E-state index contributed by atoms with van der Waals surface area (Å²) in [6.45, 7) is 1.56. The fourth-order valence-electron chi connectivity index (χ4n) is 1.31. The molecular weight excluding hydrogens is 281 g/mol. The minimum Gasteiger partial charge on any atom is -0.422 e. The highest BCUT2D eigenvalue weighted by molar-refractivity contribution is 7.07. The molecule has 19 heavy (non-hydrogen) atoms. The van der Waals surface area contributed by atoms with Crippen molar-refractivity contribution in [3.05, 3.63) is 40.4 Å². The van der Waals surface area contributed by atoms with Crippen molar-refractivity contribution in [1.82, 2.24) is 9.59 Å². The van der Waals surface area contributed by atoms with Gasteiger partial charge in [-0.15, -0.1) is 5.10 Å².